The van der Waals surface area contributed by atoms with Crippen LogP contribution >= 0.6 is 12.6 Å². The zero-order valence-electron chi connectivity index (χ0n) is 30.7. The summed E-state index contributed by atoms with van der Waals surface area (Å²) in [5.41, 5.74) is 22.9. The molecule has 0 saturated heterocycles. The van der Waals surface area contributed by atoms with Crippen molar-refractivity contribution in [3.05, 3.63) is 35.9 Å². The molecule has 0 bridgehead atoms. The first-order valence-corrected chi connectivity index (χ1v) is 18.3. The van der Waals surface area contributed by atoms with Crippen LogP contribution in [0.25, 0.3) is 0 Å². The fourth-order valence-corrected chi connectivity index (χ4v) is 5.31. The molecule has 20 heteroatoms. The van der Waals surface area contributed by atoms with Gasteiger partial charge in [0.15, 0.2) is 5.96 Å². The molecule has 0 spiro atoms. The second-order valence-electron chi connectivity index (χ2n) is 13.0. The number of carboxylic acid groups (broad SMARTS) is 2. The molecule has 302 valence electrons. The van der Waals surface area contributed by atoms with Gasteiger partial charge in [0.05, 0.1) is 6.04 Å². The average molecular weight is 781 g/mol. The summed E-state index contributed by atoms with van der Waals surface area (Å²) < 4.78 is 0. The van der Waals surface area contributed by atoms with E-state index >= 15 is 0 Å². The van der Waals surface area contributed by atoms with E-state index in [0.29, 0.717) is 31.4 Å². The average Bonchev–Trinajstić information content (AvgIpc) is 3.11. The van der Waals surface area contributed by atoms with Crippen molar-refractivity contribution in [2.45, 2.75) is 101 Å². The summed E-state index contributed by atoms with van der Waals surface area (Å²) in [6, 6.07) is 1.04. The predicted octanol–water partition coefficient (Wildman–Crippen LogP) is -2.30. The van der Waals surface area contributed by atoms with E-state index in [4.69, 9.17) is 22.9 Å². The number of nitrogens with zero attached hydrogens (tertiary/aromatic N) is 1. The summed E-state index contributed by atoms with van der Waals surface area (Å²) in [7, 11) is 0. The van der Waals surface area contributed by atoms with Crippen LogP contribution in [0.2, 0.25) is 0 Å². The van der Waals surface area contributed by atoms with Crippen LogP contribution in [0.5, 0.6) is 0 Å². The summed E-state index contributed by atoms with van der Waals surface area (Å²) in [5.74, 6) is -7.51. The number of hydrogen-bond acceptors (Lipinski definition) is 11. The van der Waals surface area contributed by atoms with E-state index in [1.807, 2.05) is 0 Å². The molecule has 5 amide bonds. The Hall–Kier alpha value is -4.95. The molecule has 0 saturated carbocycles. The lowest BCUT2D eigenvalue weighted by Gasteiger charge is -2.28. The van der Waals surface area contributed by atoms with Gasteiger partial charge in [0.25, 0.3) is 0 Å². The third kappa shape index (κ3) is 18.2. The molecule has 0 aromatic heterocycles. The zero-order chi connectivity index (χ0) is 40.8. The highest BCUT2D eigenvalue weighted by molar-refractivity contribution is 7.80. The number of nitrogens with two attached hydrogens (primary N) is 4. The van der Waals surface area contributed by atoms with E-state index in [9.17, 15) is 43.8 Å². The number of hydrogen-bond donors (Lipinski definition) is 12. The lowest BCUT2D eigenvalue weighted by Crippen LogP contribution is -2.60. The van der Waals surface area contributed by atoms with E-state index in [1.165, 1.54) is 0 Å². The van der Waals surface area contributed by atoms with Crippen LogP contribution in [0.1, 0.15) is 64.4 Å². The minimum atomic E-state index is -1.52. The molecule has 0 aliphatic rings. The number of aliphatic imine (C=N–C) groups is 1. The molecule has 1 rings (SSSR count). The smallest absolute Gasteiger partial charge is 0.327 e. The van der Waals surface area contributed by atoms with Crippen molar-refractivity contribution in [3.8, 4) is 0 Å². The fourth-order valence-electron chi connectivity index (χ4n) is 5.07. The molecule has 19 nitrogen and oxygen atoms in total. The first kappa shape index (κ1) is 47.1. The molecule has 1 aromatic carbocycles. The molecule has 0 aliphatic heterocycles. The summed E-state index contributed by atoms with van der Waals surface area (Å²) in [6.07, 6.45) is 0.691. The largest absolute Gasteiger partial charge is 0.481 e. The molecule has 1 aromatic rings. The van der Waals surface area contributed by atoms with Gasteiger partial charge in [-0.05, 0) is 50.1 Å². The molecule has 0 heterocycles. The molecular formula is C34H56N10O9S. The van der Waals surface area contributed by atoms with E-state index in [-0.39, 0.29) is 37.5 Å². The van der Waals surface area contributed by atoms with Crippen LogP contribution < -0.4 is 49.5 Å². The Bertz CT molecular complexity index is 1430. The van der Waals surface area contributed by atoms with Gasteiger partial charge in [0.1, 0.15) is 30.2 Å². The molecule has 0 fully saturated rings. The molecule has 15 N–H and O–H groups in total. The maximum Gasteiger partial charge on any atom is 0.327 e. The van der Waals surface area contributed by atoms with Crippen LogP contribution in [-0.2, 0) is 40.0 Å². The van der Waals surface area contributed by atoms with E-state index in [1.54, 1.807) is 44.2 Å². The Morgan fingerprint density at radius 3 is 1.80 bits per heavy atom. The fraction of sp³-hybridized carbons (Fsp3) is 0.588. The predicted molar refractivity (Wildman–Crippen MR) is 204 cm³/mol. The van der Waals surface area contributed by atoms with Gasteiger partial charge in [-0.1, -0.05) is 50.6 Å². The lowest BCUT2D eigenvalue weighted by molar-refractivity contribution is -0.141. The maximum atomic E-state index is 13.9. The summed E-state index contributed by atoms with van der Waals surface area (Å²) in [4.78, 5) is 94.2. The van der Waals surface area contributed by atoms with Gasteiger partial charge in [0, 0.05) is 25.1 Å². The molecular weight excluding hydrogens is 725 g/mol. The van der Waals surface area contributed by atoms with Gasteiger partial charge in [-0.2, -0.15) is 12.6 Å². The third-order valence-electron chi connectivity index (χ3n) is 8.12. The maximum absolute atomic E-state index is 13.9. The SMILES string of the molecule is CC(C)[C@H](NC(=O)[C@@H](N)CCCCN)C(=O)N[C@@H](Cc1ccccc1)C(=O)N[C@@H](CCC(=O)O)C(=O)N[C@@H](CCCN=C(N)N)C(=O)N[C@@H](CS)C(=O)O. The van der Waals surface area contributed by atoms with Crippen molar-refractivity contribution < 1.29 is 43.8 Å². The van der Waals surface area contributed by atoms with Gasteiger partial charge in [-0.25, -0.2) is 4.79 Å². The lowest BCUT2D eigenvalue weighted by atomic mass is 9.99. The van der Waals surface area contributed by atoms with Gasteiger partial charge >= 0.3 is 11.9 Å². The Morgan fingerprint density at radius 1 is 0.722 bits per heavy atom. The van der Waals surface area contributed by atoms with Gasteiger partial charge in [-0.15, -0.1) is 0 Å². The van der Waals surface area contributed by atoms with E-state index in [0.717, 1.165) is 0 Å². The topological polar surface area (TPSA) is 337 Å². The minimum Gasteiger partial charge on any atom is -0.481 e. The first-order chi connectivity index (χ1) is 25.5. The van der Waals surface area contributed by atoms with Gasteiger partial charge in [0.2, 0.25) is 29.5 Å². The standard InChI is InChI=1S/C34H56N10O9S/c1-19(2)27(44-28(47)21(36)11-6-7-15-35)32(51)42-24(17-20-9-4-3-5-10-20)31(50)41-23(13-14-26(45)46)30(49)40-22(12-8-16-39-34(37)38)29(48)43-25(18-54)33(52)53/h3-5,9-10,19,21-25,27,54H,6-8,11-18,35-36H2,1-2H3,(H,40,49)(H,41,50)(H,42,51)(H,43,48)(H,44,47)(H,45,46)(H,52,53)(H4,37,38,39)/t21-,22-,23-,24-,25-,27-/m0/s1. The highest BCUT2D eigenvalue weighted by Gasteiger charge is 2.34. The van der Waals surface area contributed by atoms with Crippen LogP contribution in [0.4, 0.5) is 0 Å². The zero-order valence-corrected chi connectivity index (χ0v) is 31.6. The van der Waals surface area contributed by atoms with E-state index in [2.05, 4.69) is 44.2 Å². The van der Waals surface area contributed by atoms with Crippen molar-refractivity contribution in [1.82, 2.24) is 26.6 Å². The summed E-state index contributed by atoms with van der Waals surface area (Å²) >= 11 is 3.94. The number of unbranched alkanes of at least 4 members (excludes halogenated alkanes) is 1. The van der Waals surface area contributed by atoms with Crippen LogP contribution in [-0.4, -0.2) is 113 Å². The van der Waals surface area contributed by atoms with Gasteiger partial charge < -0.3 is 59.7 Å². The molecule has 54 heavy (non-hydrogen) atoms. The number of thiol groups is 1. The molecule has 6 atom stereocenters. The van der Waals surface area contributed by atoms with Crippen molar-refractivity contribution in [2.75, 3.05) is 18.8 Å². The number of guanidine groups is 1. The van der Waals surface area contributed by atoms with Crippen molar-refractivity contribution in [2.24, 2.45) is 33.8 Å². The summed E-state index contributed by atoms with van der Waals surface area (Å²) in [5, 5.41) is 31.4. The number of aliphatic carboxylic acids is 2. The summed E-state index contributed by atoms with van der Waals surface area (Å²) in [6.45, 7) is 3.90. The molecule has 0 aliphatic carbocycles. The minimum absolute atomic E-state index is 0.0564. The number of benzene rings is 1. The van der Waals surface area contributed by atoms with Gasteiger partial charge in [-0.3, -0.25) is 33.8 Å². The number of carbonyl (C=O) groups excluding carboxylic acids is 5. The highest BCUT2D eigenvalue weighted by Crippen LogP contribution is 2.10. The van der Waals surface area contributed by atoms with Crippen LogP contribution in [0.15, 0.2) is 35.3 Å². The monoisotopic (exact) mass is 780 g/mol. The second kappa shape index (κ2) is 25.1. The Morgan fingerprint density at radius 2 is 1.28 bits per heavy atom. The Labute approximate surface area is 320 Å². The van der Waals surface area contributed by atoms with Crippen molar-refractivity contribution >= 4 is 60.1 Å². The Kier molecular flexibility index (Phi) is 21.9. The number of carbonyl (C=O) groups is 7. The second-order valence-corrected chi connectivity index (χ2v) is 13.3. The molecule has 0 radical (unpaired) electrons. The normalized spacial score (nSPS) is 14.3. The van der Waals surface area contributed by atoms with Crippen molar-refractivity contribution in [3.63, 3.8) is 0 Å². The molecule has 0 unspecified atom stereocenters. The van der Waals surface area contributed by atoms with Crippen LogP contribution in [0.3, 0.4) is 0 Å². The first-order valence-electron chi connectivity index (χ1n) is 17.6. The third-order valence-corrected chi connectivity index (χ3v) is 8.49. The number of rotatable bonds is 26. The quantitative estimate of drug-likeness (QED) is 0.0204. The number of nitrogens with one attached hydrogen (secondary N) is 5. The van der Waals surface area contributed by atoms with E-state index < -0.39 is 96.5 Å². The number of carboxylic acids is 2. The number of amides is 5. The Balaban J connectivity index is 3.37. The van der Waals surface area contributed by atoms with Crippen LogP contribution in [0, 0.1) is 5.92 Å². The van der Waals surface area contributed by atoms with Crippen molar-refractivity contribution in [1.29, 1.82) is 0 Å². The highest BCUT2D eigenvalue weighted by atomic mass is 32.1.